The lowest BCUT2D eigenvalue weighted by Crippen LogP contribution is -2.17. The number of carbonyl (C=O) groups excluding carboxylic acids is 2. The Labute approximate surface area is 179 Å². The number of hydrogen-bond donors (Lipinski definition) is 1. The molecule has 0 radical (unpaired) electrons. The molecule has 0 saturated carbocycles. The molecule has 0 aliphatic carbocycles. The van der Waals surface area contributed by atoms with Crippen LogP contribution in [-0.2, 0) is 11.2 Å². The third-order valence-electron chi connectivity index (χ3n) is 4.11. The molecule has 3 aromatic rings. The van der Waals surface area contributed by atoms with E-state index in [0.717, 1.165) is 11.1 Å². The second-order valence-corrected chi connectivity index (χ2v) is 6.71. The zero-order chi connectivity index (χ0) is 21.3. The van der Waals surface area contributed by atoms with Crippen LogP contribution in [0.25, 0.3) is 0 Å². The number of methoxy groups -OCH3 is 1. The van der Waals surface area contributed by atoms with Gasteiger partial charge >= 0.3 is 5.97 Å². The van der Waals surface area contributed by atoms with E-state index in [1.807, 2.05) is 0 Å². The predicted molar refractivity (Wildman–Crippen MR) is 115 cm³/mol. The number of carbonyl (C=O) groups is 2. The maximum Gasteiger partial charge on any atom is 0.315 e. The monoisotopic (exact) mass is 422 g/mol. The molecule has 1 N–H and O–H groups in total. The summed E-state index contributed by atoms with van der Waals surface area (Å²) < 4.78 is 10.4. The van der Waals surface area contributed by atoms with Crippen molar-refractivity contribution >= 4 is 29.7 Å². The van der Waals surface area contributed by atoms with Crippen molar-refractivity contribution in [2.75, 3.05) is 7.11 Å². The fourth-order valence-corrected chi connectivity index (χ4v) is 2.66. The van der Waals surface area contributed by atoms with Crippen LogP contribution in [0.4, 0.5) is 0 Å². The van der Waals surface area contributed by atoms with Crippen molar-refractivity contribution < 1.29 is 19.1 Å². The van der Waals surface area contributed by atoms with E-state index in [9.17, 15) is 9.59 Å². The van der Waals surface area contributed by atoms with Crippen molar-refractivity contribution in [2.45, 2.75) is 6.42 Å². The molecule has 0 atom stereocenters. The zero-order valence-electron chi connectivity index (χ0n) is 16.2. The number of nitrogens with zero attached hydrogens (tertiary/aromatic N) is 1. The summed E-state index contributed by atoms with van der Waals surface area (Å²) in [4.78, 5) is 24.1. The second-order valence-electron chi connectivity index (χ2n) is 6.27. The smallest absolute Gasteiger partial charge is 0.315 e. The van der Waals surface area contributed by atoms with Gasteiger partial charge in [0.05, 0.1) is 19.7 Å². The molecule has 7 heteroatoms. The SMILES string of the molecule is COc1ccc(C(=O)NN=Cc2ccc(OC(=O)Cc3ccc(Cl)cc3)cc2)cc1. The van der Waals surface area contributed by atoms with E-state index in [1.165, 1.54) is 6.21 Å². The van der Waals surface area contributed by atoms with Gasteiger partial charge < -0.3 is 9.47 Å². The van der Waals surface area contributed by atoms with Gasteiger partial charge in [0.1, 0.15) is 11.5 Å². The van der Waals surface area contributed by atoms with Crippen LogP contribution in [0.15, 0.2) is 77.9 Å². The highest BCUT2D eigenvalue weighted by atomic mass is 35.5. The molecule has 1 amide bonds. The number of rotatable bonds is 7. The first-order valence-electron chi connectivity index (χ1n) is 9.06. The Morgan fingerprint density at radius 3 is 2.20 bits per heavy atom. The lowest BCUT2D eigenvalue weighted by Gasteiger charge is -2.05. The lowest BCUT2D eigenvalue weighted by atomic mass is 10.1. The van der Waals surface area contributed by atoms with E-state index in [0.29, 0.717) is 22.1 Å². The molecule has 152 valence electrons. The quantitative estimate of drug-likeness (QED) is 0.267. The zero-order valence-corrected chi connectivity index (χ0v) is 16.9. The van der Waals surface area contributed by atoms with Gasteiger partial charge in [-0.15, -0.1) is 0 Å². The van der Waals surface area contributed by atoms with Crippen LogP contribution < -0.4 is 14.9 Å². The summed E-state index contributed by atoms with van der Waals surface area (Å²) in [5.74, 6) is 0.393. The van der Waals surface area contributed by atoms with Crippen LogP contribution in [0.5, 0.6) is 11.5 Å². The van der Waals surface area contributed by atoms with E-state index >= 15 is 0 Å². The van der Waals surface area contributed by atoms with Crippen LogP contribution >= 0.6 is 11.6 Å². The van der Waals surface area contributed by atoms with E-state index < -0.39 is 0 Å². The maximum atomic E-state index is 12.0. The van der Waals surface area contributed by atoms with Crippen LogP contribution in [0.2, 0.25) is 5.02 Å². The number of amides is 1. The fourth-order valence-electron chi connectivity index (χ4n) is 2.53. The van der Waals surface area contributed by atoms with Crippen molar-refractivity contribution in [2.24, 2.45) is 5.10 Å². The molecule has 3 aromatic carbocycles. The number of nitrogens with one attached hydrogen (secondary N) is 1. The van der Waals surface area contributed by atoms with E-state index in [-0.39, 0.29) is 18.3 Å². The number of esters is 1. The van der Waals surface area contributed by atoms with Crippen molar-refractivity contribution in [3.8, 4) is 11.5 Å². The summed E-state index contributed by atoms with van der Waals surface area (Å²) in [7, 11) is 1.56. The average Bonchev–Trinajstić information content (AvgIpc) is 2.76. The molecule has 0 aromatic heterocycles. The standard InChI is InChI=1S/C23H19ClN2O4/c1-29-20-12-6-18(7-13-20)23(28)26-25-15-17-4-10-21(11-5-17)30-22(27)14-16-2-8-19(24)9-3-16/h2-13,15H,14H2,1H3,(H,26,28). The third-order valence-corrected chi connectivity index (χ3v) is 4.36. The Morgan fingerprint density at radius 2 is 1.57 bits per heavy atom. The topological polar surface area (TPSA) is 77.0 Å². The molecule has 0 aliphatic rings. The first-order chi connectivity index (χ1) is 14.5. The number of hydrogen-bond acceptors (Lipinski definition) is 5. The van der Waals surface area contributed by atoms with Crippen LogP contribution in [0.1, 0.15) is 21.5 Å². The molecule has 30 heavy (non-hydrogen) atoms. The summed E-state index contributed by atoms with van der Waals surface area (Å²) in [6.07, 6.45) is 1.65. The molecule has 0 spiro atoms. The van der Waals surface area contributed by atoms with Gasteiger partial charge in [-0.1, -0.05) is 23.7 Å². The maximum absolute atomic E-state index is 12.0. The highest BCUT2D eigenvalue weighted by Gasteiger charge is 2.07. The molecule has 0 aliphatic heterocycles. The van der Waals surface area contributed by atoms with Crippen molar-refractivity contribution in [1.29, 1.82) is 0 Å². The number of ether oxygens (including phenoxy) is 2. The summed E-state index contributed by atoms with van der Waals surface area (Å²) in [6, 6.07) is 20.5. The van der Waals surface area contributed by atoms with Crippen molar-refractivity contribution in [3.63, 3.8) is 0 Å². The minimum Gasteiger partial charge on any atom is -0.497 e. The second kappa shape index (κ2) is 10.2. The largest absolute Gasteiger partial charge is 0.497 e. The summed E-state index contributed by atoms with van der Waals surface area (Å²) in [5.41, 5.74) is 4.48. The summed E-state index contributed by atoms with van der Waals surface area (Å²) in [5, 5.41) is 4.56. The van der Waals surface area contributed by atoms with Gasteiger partial charge in [-0.2, -0.15) is 5.10 Å². The van der Waals surface area contributed by atoms with Crippen molar-refractivity contribution in [3.05, 3.63) is 94.5 Å². The highest BCUT2D eigenvalue weighted by molar-refractivity contribution is 6.30. The first kappa shape index (κ1) is 21.1. The molecule has 0 bridgehead atoms. The first-order valence-corrected chi connectivity index (χ1v) is 9.44. The number of hydrazone groups is 1. The summed E-state index contributed by atoms with van der Waals surface area (Å²) in [6.45, 7) is 0. The molecular formula is C23H19ClN2O4. The van der Waals surface area contributed by atoms with E-state index in [4.69, 9.17) is 21.1 Å². The Kier molecular flexibility index (Phi) is 7.19. The molecule has 6 nitrogen and oxygen atoms in total. The predicted octanol–water partition coefficient (Wildman–Crippen LogP) is 4.26. The van der Waals surface area contributed by atoms with Gasteiger partial charge in [0.2, 0.25) is 0 Å². The summed E-state index contributed by atoms with van der Waals surface area (Å²) >= 11 is 5.83. The molecule has 3 rings (SSSR count). The lowest BCUT2D eigenvalue weighted by molar-refractivity contribution is -0.133. The van der Waals surface area contributed by atoms with Crippen LogP contribution in [0, 0.1) is 0 Å². The average molecular weight is 423 g/mol. The van der Waals surface area contributed by atoms with Crippen LogP contribution in [-0.4, -0.2) is 25.2 Å². The Morgan fingerprint density at radius 1 is 0.933 bits per heavy atom. The number of halogens is 1. The van der Waals surface area contributed by atoms with Crippen molar-refractivity contribution in [1.82, 2.24) is 5.43 Å². The number of benzene rings is 3. The minimum atomic E-state index is -0.370. The Hall–Kier alpha value is -3.64. The van der Waals surface area contributed by atoms with Gasteiger partial charge in [0.15, 0.2) is 0 Å². The van der Waals surface area contributed by atoms with Gasteiger partial charge in [0.25, 0.3) is 5.91 Å². The van der Waals surface area contributed by atoms with E-state index in [1.54, 1.807) is 79.9 Å². The Bertz CT molecular complexity index is 1030. The van der Waals surface area contributed by atoms with Gasteiger partial charge in [-0.05, 0) is 71.8 Å². The molecular weight excluding hydrogens is 404 g/mol. The van der Waals surface area contributed by atoms with Crippen LogP contribution in [0.3, 0.4) is 0 Å². The fraction of sp³-hybridized carbons (Fsp3) is 0.0870. The highest BCUT2D eigenvalue weighted by Crippen LogP contribution is 2.14. The normalized spacial score (nSPS) is 10.6. The Balaban J connectivity index is 1.50. The molecule has 0 saturated heterocycles. The molecule has 0 heterocycles. The third kappa shape index (κ3) is 6.18. The molecule has 0 unspecified atom stereocenters. The van der Waals surface area contributed by atoms with Gasteiger partial charge in [-0.25, -0.2) is 5.43 Å². The van der Waals surface area contributed by atoms with Gasteiger partial charge in [0, 0.05) is 10.6 Å². The van der Waals surface area contributed by atoms with Gasteiger partial charge in [-0.3, -0.25) is 9.59 Å². The molecule has 0 fully saturated rings. The van der Waals surface area contributed by atoms with E-state index in [2.05, 4.69) is 10.5 Å². The minimum absolute atomic E-state index is 0.151.